The Morgan fingerprint density at radius 2 is 2.10 bits per heavy atom. The third-order valence-electron chi connectivity index (χ3n) is 3.89. The Hall–Kier alpha value is -2.07. The highest BCUT2D eigenvalue weighted by molar-refractivity contribution is 5.82. The van der Waals surface area contributed by atoms with Crippen LogP contribution >= 0.6 is 0 Å². The molecule has 2 aromatic rings. The number of hydrogen-bond donors (Lipinski definition) is 2. The summed E-state index contributed by atoms with van der Waals surface area (Å²) in [5.41, 5.74) is 3.67. The Balaban J connectivity index is 1.60. The van der Waals surface area contributed by atoms with Crippen molar-refractivity contribution < 1.29 is 4.79 Å². The maximum absolute atomic E-state index is 12.2. The summed E-state index contributed by atoms with van der Waals surface area (Å²) < 4.78 is 2.02. The maximum Gasteiger partial charge on any atom is 0.237 e. The fraction of sp³-hybridized carbons (Fsp3) is 0.312. The van der Waals surface area contributed by atoms with E-state index in [1.807, 2.05) is 42.1 Å². The number of rotatable bonds is 3. The van der Waals surface area contributed by atoms with Gasteiger partial charge in [-0.2, -0.15) is 0 Å². The smallest absolute Gasteiger partial charge is 0.237 e. The van der Waals surface area contributed by atoms with Crippen LogP contribution < -0.4 is 10.6 Å². The summed E-state index contributed by atoms with van der Waals surface area (Å²) in [7, 11) is 1.98. The van der Waals surface area contributed by atoms with Crippen LogP contribution in [-0.2, 0) is 31.4 Å². The summed E-state index contributed by atoms with van der Waals surface area (Å²) in [6.45, 7) is 1.33. The van der Waals surface area contributed by atoms with Gasteiger partial charge in [0.15, 0.2) is 0 Å². The van der Waals surface area contributed by atoms with E-state index in [2.05, 4.69) is 22.8 Å². The first-order valence-electron chi connectivity index (χ1n) is 6.92. The van der Waals surface area contributed by atoms with Crippen LogP contribution in [0, 0.1) is 0 Å². The molecule has 0 spiro atoms. The lowest BCUT2D eigenvalue weighted by Crippen LogP contribution is -2.47. The Bertz CT molecular complexity index is 618. The van der Waals surface area contributed by atoms with Gasteiger partial charge < -0.3 is 15.2 Å². The van der Waals surface area contributed by atoms with Crippen molar-refractivity contribution in [1.82, 2.24) is 15.2 Å². The summed E-state index contributed by atoms with van der Waals surface area (Å²) in [5, 5.41) is 6.31. The number of aryl methyl sites for hydroxylation is 1. The number of nitrogens with one attached hydrogen (secondary N) is 2. The van der Waals surface area contributed by atoms with Gasteiger partial charge in [-0.25, -0.2) is 0 Å². The molecule has 1 aromatic carbocycles. The average Bonchev–Trinajstić information content (AvgIpc) is 2.89. The molecule has 1 aromatic heterocycles. The monoisotopic (exact) mass is 269 g/mol. The zero-order valence-electron chi connectivity index (χ0n) is 11.6. The van der Waals surface area contributed by atoms with E-state index >= 15 is 0 Å². The van der Waals surface area contributed by atoms with Gasteiger partial charge in [-0.15, -0.1) is 0 Å². The van der Waals surface area contributed by atoms with Crippen molar-refractivity contribution >= 4 is 5.91 Å². The van der Waals surface area contributed by atoms with Gasteiger partial charge in [0.25, 0.3) is 0 Å². The largest absolute Gasteiger partial charge is 0.353 e. The predicted octanol–water partition coefficient (Wildman–Crippen LogP) is 1.36. The second-order valence-corrected chi connectivity index (χ2v) is 5.23. The zero-order valence-corrected chi connectivity index (χ0v) is 11.6. The Kier molecular flexibility index (Phi) is 3.56. The van der Waals surface area contributed by atoms with E-state index in [-0.39, 0.29) is 11.9 Å². The molecular weight excluding hydrogens is 250 g/mol. The molecule has 2 N–H and O–H groups in total. The van der Waals surface area contributed by atoms with Gasteiger partial charge in [-0.05, 0) is 29.7 Å². The molecule has 1 atom stereocenters. The Morgan fingerprint density at radius 3 is 2.85 bits per heavy atom. The molecule has 0 fully saturated rings. The second-order valence-electron chi connectivity index (χ2n) is 5.23. The van der Waals surface area contributed by atoms with Crippen molar-refractivity contribution in [1.29, 1.82) is 0 Å². The molecule has 0 radical (unpaired) electrons. The molecule has 0 saturated carbocycles. The van der Waals surface area contributed by atoms with E-state index in [0.29, 0.717) is 6.54 Å². The SMILES string of the molecule is Cn1cccc1CNC(=O)[C@H]1Cc2ccccc2CN1. The van der Waals surface area contributed by atoms with Crippen LogP contribution in [0.15, 0.2) is 42.6 Å². The minimum Gasteiger partial charge on any atom is -0.353 e. The fourth-order valence-corrected chi connectivity index (χ4v) is 2.62. The number of aromatic nitrogens is 1. The van der Waals surface area contributed by atoms with E-state index < -0.39 is 0 Å². The topological polar surface area (TPSA) is 46.1 Å². The summed E-state index contributed by atoms with van der Waals surface area (Å²) in [6.07, 6.45) is 2.74. The van der Waals surface area contributed by atoms with E-state index in [9.17, 15) is 4.79 Å². The molecule has 1 aliphatic heterocycles. The molecule has 4 heteroatoms. The molecule has 0 saturated heterocycles. The Morgan fingerprint density at radius 1 is 1.30 bits per heavy atom. The molecule has 20 heavy (non-hydrogen) atoms. The third kappa shape index (κ3) is 2.60. The molecule has 3 rings (SSSR count). The van der Waals surface area contributed by atoms with Gasteiger partial charge in [0, 0.05) is 25.5 Å². The predicted molar refractivity (Wildman–Crippen MR) is 78.0 cm³/mol. The number of benzene rings is 1. The van der Waals surface area contributed by atoms with Gasteiger partial charge in [-0.3, -0.25) is 4.79 Å². The second kappa shape index (κ2) is 5.51. The van der Waals surface area contributed by atoms with Gasteiger partial charge in [0.1, 0.15) is 0 Å². The van der Waals surface area contributed by atoms with Crippen LogP contribution in [0.2, 0.25) is 0 Å². The minimum absolute atomic E-state index is 0.0701. The zero-order chi connectivity index (χ0) is 13.9. The van der Waals surface area contributed by atoms with Gasteiger partial charge in [0.2, 0.25) is 5.91 Å². The number of amides is 1. The van der Waals surface area contributed by atoms with E-state index in [0.717, 1.165) is 18.7 Å². The number of carbonyl (C=O) groups is 1. The third-order valence-corrected chi connectivity index (χ3v) is 3.89. The normalized spacial score (nSPS) is 17.6. The van der Waals surface area contributed by atoms with Crippen molar-refractivity contribution in [3.63, 3.8) is 0 Å². The van der Waals surface area contributed by atoms with Crippen molar-refractivity contribution in [2.24, 2.45) is 7.05 Å². The Labute approximate surface area is 118 Å². The molecule has 1 amide bonds. The molecule has 2 heterocycles. The number of fused-ring (bicyclic) bond motifs is 1. The fourth-order valence-electron chi connectivity index (χ4n) is 2.62. The standard InChI is InChI=1S/C16H19N3O/c1-19-8-4-7-14(19)11-18-16(20)15-9-12-5-2-3-6-13(12)10-17-15/h2-8,15,17H,9-11H2,1H3,(H,18,20)/t15-/m1/s1. The highest BCUT2D eigenvalue weighted by Crippen LogP contribution is 2.16. The summed E-state index contributed by atoms with van der Waals surface area (Å²) in [5.74, 6) is 0.0701. The molecule has 4 nitrogen and oxygen atoms in total. The quantitative estimate of drug-likeness (QED) is 0.883. The first kappa shape index (κ1) is 12.9. The van der Waals surface area contributed by atoms with Crippen LogP contribution in [0.5, 0.6) is 0 Å². The van der Waals surface area contributed by atoms with Crippen LogP contribution in [0.4, 0.5) is 0 Å². The molecule has 0 unspecified atom stereocenters. The van der Waals surface area contributed by atoms with Crippen LogP contribution in [-0.4, -0.2) is 16.5 Å². The maximum atomic E-state index is 12.2. The van der Waals surface area contributed by atoms with E-state index in [1.165, 1.54) is 11.1 Å². The van der Waals surface area contributed by atoms with Crippen molar-refractivity contribution in [3.05, 3.63) is 59.4 Å². The lowest BCUT2D eigenvalue weighted by atomic mass is 9.95. The highest BCUT2D eigenvalue weighted by atomic mass is 16.2. The molecular formula is C16H19N3O. The van der Waals surface area contributed by atoms with Crippen LogP contribution in [0.25, 0.3) is 0 Å². The lowest BCUT2D eigenvalue weighted by Gasteiger charge is -2.25. The summed E-state index contributed by atoms with van der Waals surface area (Å²) in [6, 6.07) is 12.2. The van der Waals surface area contributed by atoms with Crippen molar-refractivity contribution in [3.8, 4) is 0 Å². The van der Waals surface area contributed by atoms with Gasteiger partial charge >= 0.3 is 0 Å². The molecule has 0 bridgehead atoms. The van der Waals surface area contributed by atoms with Gasteiger partial charge in [0.05, 0.1) is 12.6 Å². The highest BCUT2D eigenvalue weighted by Gasteiger charge is 2.23. The van der Waals surface area contributed by atoms with Crippen LogP contribution in [0.1, 0.15) is 16.8 Å². The lowest BCUT2D eigenvalue weighted by molar-refractivity contribution is -0.123. The van der Waals surface area contributed by atoms with E-state index in [4.69, 9.17) is 0 Å². The first-order valence-corrected chi connectivity index (χ1v) is 6.92. The number of nitrogens with zero attached hydrogens (tertiary/aromatic N) is 1. The van der Waals surface area contributed by atoms with Crippen molar-refractivity contribution in [2.45, 2.75) is 25.6 Å². The summed E-state index contributed by atoms with van der Waals surface area (Å²) >= 11 is 0. The summed E-state index contributed by atoms with van der Waals surface area (Å²) in [4.78, 5) is 12.2. The average molecular weight is 269 g/mol. The van der Waals surface area contributed by atoms with Gasteiger partial charge in [-0.1, -0.05) is 24.3 Å². The number of carbonyl (C=O) groups excluding carboxylic acids is 1. The minimum atomic E-state index is -0.134. The first-order chi connectivity index (χ1) is 9.74. The molecule has 0 aliphatic carbocycles. The number of hydrogen-bond acceptors (Lipinski definition) is 2. The van der Waals surface area contributed by atoms with Crippen molar-refractivity contribution in [2.75, 3.05) is 0 Å². The van der Waals surface area contributed by atoms with E-state index in [1.54, 1.807) is 0 Å². The molecule has 1 aliphatic rings. The molecule has 104 valence electrons. The van der Waals surface area contributed by atoms with Crippen LogP contribution in [0.3, 0.4) is 0 Å².